The summed E-state index contributed by atoms with van der Waals surface area (Å²) in [6, 6.07) is 5.11. The van der Waals surface area contributed by atoms with Crippen molar-refractivity contribution in [2.24, 2.45) is 0 Å². The molecule has 0 radical (unpaired) electrons. The van der Waals surface area contributed by atoms with Gasteiger partial charge in [-0.1, -0.05) is 51.8 Å². The van der Waals surface area contributed by atoms with Gasteiger partial charge in [0.05, 0.1) is 25.8 Å². The Bertz CT molecular complexity index is 1480. The first-order chi connectivity index (χ1) is 20.9. The third-order valence-corrected chi connectivity index (χ3v) is 7.04. The van der Waals surface area contributed by atoms with Gasteiger partial charge in [0.15, 0.2) is 0 Å². The number of hydrogen-bond acceptors (Lipinski definition) is 8. The number of amides is 1. The maximum atomic E-state index is 13.9. The molecule has 3 aromatic rings. The van der Waals surface area contributed by atoms with Crippen LogP contribution in [0.1, 0.15) is 34.1 Å². The molecule has 0 unspecified atom stereocenters. The summed E-state index contributed by atoms with van der Waals surface area (Å²) in [6.07, 6.45) is 9.07. The predicted molar refractivity (Wildman–Crippen MR) is 175 cm³/mol. The zero-order valence-electron chi connectivity index (χ0n) is 26.1. The molecule has 0 aliphatic carbocycles. The molecule has 0 spiro atoms. The standard InChI is InChI=1S/C28H31ClN6O4.2C2H6/c1-5-8-30-28-31-18-19-15-22(21-16-20(38-3)17-23(39-4)25(21)29)27(37)35(26(19)32-28)10-7-9-33-11-13-34(14-12-33)24(36)6-2;2*1-2/h1,6,15-18H,2,7-14H2,3-4H3,(H,30,31,32);2*1-2H3. The van der Waals surface area contributed by atoms with Crippen LogP contribution in [-0.2, 0) is 11.3 Å². The lowest BCUT2D eigenvalue weighted by Crippen LogP contribution is -2.48. The molecule has 43 heavy (non-hydrogen) atoms. The van der Waals surface area contributed by atoms with E-state index >= 15 is 0 Å². The lowest BCUT2D eigenvalue weighted by Gasteiger charge is -2.34. The van der Waals surface area contributed by atoms with E-state index in [9.17, 15) is 9.59 Å². The normalized spacial score (nSPS) is 12.7. The summed E-state index contributed by atoms with van der Waals surface area (Å²) in [7, 11) is 3.05. The van der Waals surface area contributed by atoms with Crippen LogP contribution in [0.2, 0.25) is 5.02 Å². The highest BCUT2D eigenvalue weighted by Crippen LogP contribution is 2.38. The molecule has 1 fully saturated rings. The van der Waals surface area contributed by atoms with E-state index in [2.05, 4.69) is 32.7 Å². The predicted octanol–water partition coefficient (Wildman–Crippen LogP) is 4.95. The van der Waals surface area contributed by atoms with E-state index < -0.39 is 0 Å². The fourth-order valence-corrected chi connectivity index (χ4v) is 4.87. The Morgan fingerprint density at radius 2 is 1.79 bits per heavy atom. The molecule has 1 aromatic carbocycles. The lowest BCUT2D eigenvalue weighted by atomic mass is 10.0. The number of nitrogens with one attached hydrogen (secondary N) is 1. The third-order valence-electron chi connectivity index (χ3n) is 6.65. The van der Waals surface area contributed by atoms with Gasteiger partial charge >= 0.3 is 0 Å². The van der Waals surface area contributed by atoms with Gasteiger partial charge in [0.1, 0.15) is 17.1 Å². The van der Waals surface area contributed by atoms with Crippen molar-refractivity contribution >= 4 is 34.5 Å². The average molecular weight is 611 g/mol. The highest BCUT2D eigenvalue weighted by molar-refractivity contribution is 6.35. The Morgan fingerprint density at radius 1 is 1.09 bits per heavy atom. The summed E-state index contributed by atoms with van der Waals surface area (Å²) in [4.78, 5) is 38.8. The summed E-state index contributed by atoms with van der Waals surface area (Å²) in [5.74, 6) is 3.70. The number of carbonyl (C=O) groups excluding carboxylic acids is 1. The van der Waals surface area contributed by atoms with Crippen LogP contribution in [0.25, 0.3) is 22.2 Å². The van der Waals surface area contributed by atoms with Gasteiger partial charge < -0.3 is 19.7 Å². The molecule has 1 saturated heterocycles. The van der Waals surface area contributed by atoms with E-state index in [0.717, 1.165) is 19.6 Å². The number of aryl methyl sites for hydroxylation is 1. The van der Waals surface area contributed by atoms with Crippen LogP contribution in [0.5, 0.6) is 11.5 Å². The SMILES string of the molecule is C#CCNc1ncc2cc(-c3cc(OC)cc(OC)c3Cl)c(=O)n(CCCN3CCN(C(=O)C=C)CC3)c2n1.CC.CC. The number of hydrogen-bond donors (Lipinski definition) is 1. The van der Waals surface area contributed by atoms with Crippen LogP contribution in [0, 0.1) is 12.3 Å². The highest BCUT2D eigenvalue weighted by Gasteiger charge is 2.21. The minimum absolute atomic E-state index is 0.0498. The summed E-state index contributed by atoms with van der Waals surface area (Å²) in [5.41, 5.74) is 1.12. The van der Waals surface area contributed by atoms with E-state index in [4.69, 9.17) is 27.5 Å². The number of anilines is 1. The minimum Gasteiger partial charge on any atom is -0.497 e. The van der Waals surface area contributed by atoms with Gasteiger partial charge in [-0.3, -0.25) is 19.1 Å². The van der Waals surface area contributed by atoms with Crippen molar-refractivity contribution < 1.29 is 14.3 Å². The first-order valence-corrected chi connectivity index (χ1v) is 14.9. The summed E-state index contributed by atoms with van der Waals surface area (Å²) < 4.78 is 12.5. The van der Waals surface area contributed by atoms with Crippen molar-refractivity contribution in [1.82, 2.24) is 24.3 Å². The number of piperazine rings is 1. The van der Waals surface area contributed by atoms with E-state index in [1.165, 1.54) is 20.3 Å². The molecule has 232 valence electrons. The van der Waals surface area contributed by atoms with Crippen LogP contribution in [0.4, 0.5) is 5.95 Å². The maximum Gasteiger partial charge on any atom is 0.260 e. The molecule has 11 heteroatoms. The third kappa shape index (κ3) is 8.72. The van der Waals surface area contributed by atoms with Gasteiger partial charge in [0.2, 0.25) is 11.9 Å². The Morgan fingerprint density at radius 3 is 2.40 bits per heavy atom. The van der Waals surface area contributed by atoms with Gasteiger partial charge in [-0.15, -0.1) is 6.42 Å². The van der Waals surface area contributed by atoms with Crippen molar-refractivity contribution in [3.8, 4) is 35.0 Å². The quantitative estimate of drug-likeness (QED) is 0.254. The van der Waals surface area contributed by atoms with Crippen molar-refractivity contribution in [1.29, 1.82) is 0 Å². The second kappa shape index (κ2) is 17.8. The average Bonchev–Trinajstić information content (AvgIpc) is 3.06. The van der Waals surface area contributed by atoms with E-state index in [1.807, 2.05) is 27.7 Å². The number of aromatic nitrogens is 3. The second-order valence-corrected chi connectivity index (χ2v) is 9.34. The number of ether oxygens (including phenoxy) is 2. The number of carbonyl (C=O) groups is 1. The summed E-state index contributed by atoms with van der Waals surface area (Å²) >= 11 is 6.65. The first kappa shape index (κ1) is 35.1. The van der Waals surface area contributed by atoms with Gasteiger partial charge in [-0.25, -0.2) is 4.98 Å². The van der Waals surface area contributed by atoms with Gasteiger partial charge in [0, 0.05) is 61.5 Å². The molecule has 4 rings (SSSR count). The molecule has 1 aliphatic rings. The van der Waals surface area contributed by atoms with E-state index in [1.54, 1.807) is 33.9 Å². The largest absolute Gasteiger partial charge is 0.497 e. The molecule has 1 N–H and O–H groups in total. The number of rotatable bonds is 10. The molecule has 10 nitrogen and oxygen atoms in total. The Kier molecular flexibility index (Phi) is 14.5. The fraction of sp³-hybridized carbons (Fsp3) is 0.438. The Labute approximate surface area is 259 Å². The van der Waals surface area contributed by atoms with Gasteiger partial charge in [-0.2, -0.15) is 4.98 Å². The number of methoxy groups -OCH3 is 2. The number of nitrogens with zero attached hydrogens (tertiary/aromatic N) is 5. The fourth-order valence-electron chi connectivity index (χ4n) is 4.58. The van der Waals surface area contributed by atoms with E-state index in [0.29, 0.717) is 70.7 Å². The molecule has 0 atom stereocenters. The number of terminal acetylenes is 1. The van der Waals surface area contributed by atoms with Gasteiger partial charge in [0.25, 0.3) is 5.56 Å². The van der Waals surface area contributed by atoms with Crippen molar-refractivity contribution in [2.75, 3.05) is 58.8 Å². The molecule has 2 aromatic heterocycles. The summed E-state index contributed by atoms with van der Waals surface area (Å²) in [6.45, 7) is 15.8. The minimum atomic E-state index is -0.247. The van der Waals surface area contributed by atoms with Crippen molar-refractivity contribution in [3.63, 3.8) is 0 Å². The lowest BCUT2D eigenvalue weighted by molar-refractivity contribution is -0.127. The molecule has 3 heterocycles. The first-order valence-electron chi connectivity index (χ1n) is 14.5. The molecule has 1 aliphatic heterocycles. The molecular weight excluding hydrogens is 568 g/mol. The van der Waals surface area contributed by atoms with Crippen LogP contribution in [-0.4, -0.2) is 83.7 Å². The highest BCUT2D eigenvalue weighted by atomic mass is 35.5. The van der Waals surface area contributed by atoms with E-state index in [-0.39, 0.29) is 18.0 Å². The van der Waals surface area contributed by atoms with Crippen LogP contribution in [0.15, 0.2) is 41.8 Å². The monoisotopic (exact) mass is 610 g/mol. The number of halogens is 1. The van der Waals surface area contributed by atoms with Gasteiger partial charge in [-0.05, 0) is 31.2 Å². The Balaban J connectivity index is 0.00000155. The molecule has 0 bridgehead atoms. The van der Waals surface area contributed by atoms with Crippen LogP contribution < -0.4 is 20.3 Å². The Hall–Kier alpha value is -4.07. The zero-order valence-corrected chi connectivity index (χ0v) is 26.8. The number of fused-ring (bicyclic) bond motifs is 1. The topological polar surface area (TPSA) is 102 Å². The van der Waals surface area contributed by atoms with Crippen molar-refractivity contribution in [3.05, 3.63) is 52.4 Å². The second-order valence-electron chi connectivity index (χ2n) is 8.96. The maximum absolute atomic E-state index is 13.9. The van der Waals surface area contributed by atoms with Crippen molar-refractivity contribution in [2.45, 2.75) is 40.7 Å². The molecule has 0 saturated carbocycles. The molecule has 1 amide bonds. The van der Waals surface area contributed by atoms with Crippen LogP contribution in [0.3, 0.4) is 0 Å². The number of pyridine rings is 1. The van der Waals surface area contributed by atoms with Crippen LogP contribution >= 0.6 is 11.6 Å². The zero-order chi connectivity index (χ0) is 31.9. The molecular formula is C32H43ClN6O4. The summed E-state index contributed by atoms with van der Waals surface area (Å²) in [5, 5.41) is 3.95. The number of benzene rings is 1. The smallest absolute Gasteiger partial charge is 0.260 e.